The molecule has 7 nitrogen and oxygen atoms in total. The fraction of sp³-hybridized carbons (Fsp3) is 0.308. The zero-order valence-electron chi connectivity index (χ0n) is 18.9. The summed E-state index contributed by atoms with van der Waals surface area (Å²) in [4.78, 5) is 25.1. The fourth-order valence-electron chi connectivity index (χ4n) is 4.08. The molecule has 0 aliphatic carbocycles. The summed E-state index contributed by atoms with van der Waals surface area (Å²) in [6.07, 6.45) is 1.66. The minimum Gasteiger partial charge on any atom is -0.497 e. The largest absolute Gasteiger partial charge is 0.497 e. The van der Waals surface area contributed by atoms with E-state index in [1.165, 1.54) is 0 Å². The molecule has 1 aromatic heterocycles. The van der Waals surface area contributed by atoms with Gasteiger partial charge in [-0.1, -0.05) is 12.1 Å². The van der Waals surface area contributed by atoms with Gasteiger partial charge in [0.1, 0.15) is 11.5 Å². The Labute approximate surface area is 193 Å². The molecule has 172 valence electrons. The molecule has 1 fully saturated rings. The van der Waals surface area contributed by atoms with E-state index in [1.54, 1.807) is 50.4 Å². The van der Waals surface area contributed by atoms with Crippen LogP contribution in [-0.4, -0.2) is 38.7 Å². The van der Waals surface area contributed by atoms with Crippen molar-refractivity contribution in [3.05, 3.63) is 83.3 Å². The molecule has 2 heterocycles. The summed E-state index contributed by atoms with van der Waals surface area (Å²) >= 11 is 0. The SMILES string of the molecule is COc1ccc(C2(CNC(=O)c3ccc(NC(=O)c4ccc(C)o4)cc3)CCOCC2)cc1. The number of benzene rings is 2. The predicted octanol–water partition coefficient (Wildman–Crippen LogP) is 4.33. The Hall–Kier alpha value is -3.58. The fourth-order valence-corrected chi connectivity index (χ4v) is 4.08. The molecule has 4 rings (SSSR count). The third-order valence-electron chi connectivity index (χ3n) is 6.11. The van der Waals surface area contributed by atoms with Crippen LogP contribution in [-0.2, 0) is 10.2 Å². The Kier molecular flexibility index (Phi) is 6.79. The lowest BCUT2D eigenvalue weighted by molar-refractivity contribution is 0.0487. The van der Waals surface area contributed by atoms with Crippen LogP contribution in [0.2, 0.25) is 0 Å². The number of nitrogens with one attached hydrogen (secondary N) is 2. The molecule has 1 aliphatic rings. The van der Waals surface area contributed by atoms with Crippen LogP contribution in [0.25, 0.3) is 0 Å². The number of ether oxygens (including phenoxy) is 2. The van der Waals surface area contributed by atoms with E-state index in [1.807, 2.05) is 12.1 Å². The molecular weight excluding hydrogens is 420 g/mol. The van der Waals surface area contributed by atoms with Gasteiger partial charge < -0.3 is 24.5 Å². The quantitative estimate of drug-likeness (QED) is 0.562. The van der Waals surface area contributed by atoms with E-state index in [4.69, 9.17) is 13.9 Å². The van der Waals surface area contributed by atoms with Crippen LogP contribution in [0.3, 0.4) is 0 Å². The summed E-state index contributed by atoms with van der Waals surface area (Å²) in [5.74, 6) is 1.23. The highest BCUT2D eigenvalue weighted by molar-refractivity contribution is 6.02. The minimum absolute atomic E-state index is 0.158. The van der Waals surface area contributed by atoms with Crippen LogP contribution in [0.15, 0.2) is 65.1 Å². The van der Waals surface area contributed by atoms with Gasteiger partial charge in [-0.3, -0.25) is 9.59 Å². The number of anilines is 1. The standard InChI is InChI=1S/C26H28N2O5/c1-18-3-12-23(33-18)25(30)28-21-8-4-19(5-9-21)24(29)27-17-26(13-15-32-16-14-26)20-6-10-22(31-2)11-7-20/h3-12H,13-17H2,1-2H3,(H,27,29)(H,28,30). The topological polar surface area (TPSA) is 89.8 Å². The van der Waals surface area contributed by atoms with Gasteiger partial charge in [0.2, 0.25) is 0 Å². The molecule has 2 amide bonds. The number of rotatable bonds is 7. The van der Waals surface area contributed by atoms with Gasteiger partial charge in [0.15, 0.2) is 5.76 Å². The van der Waals surface area contributed by atoms with E-state index in [9.17, 15) is 9.59 Å². The van der Waals surface area contributed by atoms with Crippen molar-refractivity contribution in [1.29, 1.82) is 0 Å². The van der Waals surface area contributed by atoms with E-state index in [0.717, 1.165) is 24.2 Å². The van der Waals surface area contributed by atoms with Crippen molar-refractivity contribution < 1.29 is 23.5 Å². The molecule has 3 aromatic rings. The van der Waals surface area contributed by atoms with Crippen molar-refractivity contribution in [2.75, 3.05) is 32.2 Å². The van der Waals surface area contributed by atoms with Crippen molar-refractivity contribution in [2.24, 2.45) is 0 Å². The van der Waals surface area contributed by atoms with Gasteiger partial charge in [0.05, 0.1) is 7.11 Å². The molecule has 7 heteroatoms. The first-order valence-electron chi connectivity index (χ1n) is 11.0. The number of methoxy groups -OCH3 is 1. The van der Waals surface area contributed by atoms with Gasteiger partial charge in [-0.05, 0) is 73.9 Å². The third-order valence-corrected chi connectivity index (χ3v) is 6.11. The lowest BCUT2D eigenvalue weighted by Crippen LogP contribution is -2.44. The monoisotopic (exact) mass is 448 g/mol. The zero-order valence-corrected chi connectivity index (χ0v) is 18.9. The van der Waals surface area contributed by atoms with Crippen molar-refractivity contribution in [1.82, 2.24) is 5.32 Å². The maximum atomic E-state index is 12.9. The Balaban J connectivity index is 1.40. The van der Waals surface area contributed by atoms with Crippen molar-refractivity contribution in [3.63, 3.8) is 0 Å². The summed E-state index contributed by atoms with van der Waals surface area (Å²) in [7, 11) is 1.65. The predicted molar refractivity (Wildman–Crippen MR) is 125 cm³/mol. The van der Waals surface area contributed by atoms with Crippen LogP contribution < -0.4 is 15.4 Å². The molecule has 0 spiro atoms. The van der Waals surface area contributed by atoms with Gasteiger partial charge >= 0.3 is 0 Å². The lowest BCUT2D eigenvalue weighted by atomic mass is 9.74. The van der Waals surface area contributed by atoms with Crippen LogP contribution in [0.1, 0.15) is 45.1 Å². The molecule has 0 unspecified atom stereocenters. The first kappa shape index (κ1) is 22.6. The molecule has 0 radical (unpaired) electrons. The minimum atomic E-state index is -0.332. The number of carbonyl (C=O) groups is 2. The maximum Gasteiger partial charge on any atom is 0.291 e. The highest BCUT2D eigenvalue weighted by Crippen LogP contribution is 2.35. The van der Waals surface area contributed by atoms with E-state index >= 15 is 0 Å². The van der Waals surface area contributed by atoms with Gasteiger partial charge in [-0.2, -0.15) is 0 Å². The molecule has 33 heavy (non-hydrogen) atoms. The van der Waals surface area contributed by atoms with E-state index in [0.29, 0.717) is 36.8 Å². The molecule has 2 aromatic carbocycles. The van der Waals surface area contributed by atoms with Crippen molar-refractivity contribution in [3.8, 4) is 5.75 Å². The first-order chi connectivity index (χ1) is 16.0. The molecule has 0 saturated carbocycles. The Bertz CT molecular complexity index is 1100. The number of hydrogen-bond acceptors (Lipinski definition) is 5. The summed E-state index contributed by atoms with van der Waals surface area (Å²) in [6.45, 7) is 3.61. The zero-order chi connectivity index (χ0) is 23.3. The number of amides is 2. The molecule has 0 bridgehead atoms. The first-order valence-corrected chi connectivity index (χ1v) is 11.0. The maximum absolute atomic E-state index is 12.9. The second-order valence-corrected chi connectivity index (χ2v) is 8.25. The van der Waals surface area contributed by atoms with Gasteiger partial charge in [-0.15, -0.1) is 0 Å². The van der Waals surface area contributed by atoms with Crippen LogP contribution in [0.4, 0.5) is 5.69 Å². The number of aryl methyl sites for hydroxylation is 1. The molecular formula is C26H28N2O5. The van der Waals surface area contributed by atoms with Crippen LogP contribution >= 0.6 is 0 Å². The summed E-state index contributed by atoms with van der Waals surface area (Å²) in [5.41, 5.74) is 2.09. The van der Waals surface area contributed by atoms with Crippen molar-refractivity contribution in [2.45, 2.75) is 25.2 Å². The lowest BCUT2D eigenvalue weighted by Gasteiger charge is -2.38. The average Bonchev–Trinajstić information content (AvgIpc) is 3.30. The average molecular weight is 449 g/mol. The summed E-state index contributed by atoms with van der Waals surface area (Å²) in [6, 6.07) is 18.2. The summed E-state index contributed by atoms with van der Waals surface area (Å²) in [5, 5.41) is 5.87. The number of furan rings is 1. The van der Waals surface area contributed by atoms with Gasteiger partial charge in [0, 0.05) is 36.4 Å². The van der Waals surface area contributed by atoms with Crippen molar-refractivity contribution >= 4 is 17.5 Å². The Morgan fingerprint density at radius 3 is 2.24 bits per heavy atom. The smallest absolute Gasteiger partial charge is 0.291 e. The molecule has 2 N–H and O–H groups in total. The molecule has 1 aliphatic heterocycles. The van der Waals surface area contributed by atoms with Gasteiger partial charge in [-0.25, -0.2) is 0 Å². The second-order valence-electron chi connectivity index (χ2n) is 8.25. The normalized spacial score (nSPS) is 15.0. The Morgan fingerprint density at radius 2 is 1.64 bits per heavy atom. The van der Waals surface area contributed by atoms with E-state index in [2.05, 4.69) is 22.8 Å². The van der Waals surface area contributed by atoms with Crippen LogP contribution in [0.5, 0.6) is 5.75 Å². The van der Waals surface area contributed by atoms with E-state index in [-0.39, 0.29) is 23.0 Å². The number of carbonyl (C=O) groups excluding carboxylic acids is 2. The second kappa shape index (κ2) is 9.92. The molecule has 0 atom stereocenters. The van der Waals surface area contributed by atoms with Gasteiger partial charge in [0.25, 0.3) is 11.8 Å². The summed E-state index contributed by atoms with van der Waals surface area (Å²) < 4.78 is 16.2. The van der Waals surface area contributed by atoms with E-state index < -0.39 is 0 Å². The third kappa shape index (κ3) is 5.26. The Morgan fingerprint density at radius 1 is 0.939 bits per heavy atom. The molecule has 1 saturated heterocycles. The number of hydrogen-bond donors (Lipinski definition) is 2. The highest BCUT2D eigenvalue weighted by Gasteiger charge is 2.35. The highest BCUT2D eigenvalue weighted by atomic mass is 16.5. The van der Waals surface area contributed by atoms with Crippen LogP contribution in [0, 0.1) is 6.92 Å².